The van der Waals surface area contributed by atoms with E-state index >= 15 is 0 Å². The summed E-state index contributed by atoms with van der Waals surface area (Å²) in [5.41, 5.74) is 1.59. The van der Waals surface area contributed by atoms with Crippen LogP contribution in [0.5, 0.6) is 0 Å². The molecule has 0 saturated heterocycles. The summed E-state index contributed by atoms with van der Waals surface area (Å²) in [5, 5.41) is 11.5. The van der Waals surface area contributed by atoms with Gasteiger partial charge in [0.05, 0.1) is 0 Å². The van der Waals surface area contributed by atoms with Crippen LogP contribution in [-0.4, -0.2) is 16.3 Å². The van der Waals surface area contributed by atoms with Crippen molar-refractivity contribution in [1.82, 2.24) is 0 Å². The first-order valence-electron chi connectivity index (χ1n) is 5.65. The Labute approximate surface area is 115 Å². The summed E-state index contributed by atoms with van der Waals surface area (Å²) >= 11 is 4.78. The molecule has 1 N–H and O–H groups in total. The van der Waals surface area contributed by atoms with Crippen molar-refractivity contribution in [3.8, 4) is 0 Å². The highest BCUT2D eigenvalue weighted by Crippen LogP contribution is 2.19. The fourth-order valence-corrected chi connectivity index (χ4v) is 1.84. The maximum atomic E-state index is 12.8. The number of ketones is 1. The standard InChI is InChI=1S/C15H11FO2S/c16-13-7-5-12(6-8-13)15(18)14(17)11-3-1-10(9-19)2-4-11/h1-9,14,17H. The third kappa shape index (κ3) is 3.10. The van der Waals surface area contributed by atoms with Crippen LogP contribution in [0.4, 0.5) is 4.39 Å². The summed E-state index contributed by atoms with van der Waals surface area (Å²) < 4.78 is 12.8. The van der Waals surface area contributed by atoms with Crippen LogP contribution < -0.4 is 0 Å². The number of hydrogen-bond acceptors (Lipinski definition) is 3. The Balaban J connectivity index is 2.22. The van der Waals surface area contributed by atoms with E-state index in [1.165, 1.54) is 29.6 Å². The lowest BCUT2D eigenvalue weighted by Crippen LogP contribution is -2.12. The van der Waals surface area contributed by atoms with Gasteiger partial charge >= 0.3 is 0 Å². The predicted molar refractivity (Wildman–Crippen MR) is 74.9 cm³/mol. The second-order valence-electron chi connectivity index (χ2n) is 4.06. The third-order valence-electron chi connectivity index (χ3n) is 2.77. The van der Waals surface area contributed by atoms with Gasteiger partial charge < -0.3 is 5.11 Å². The zero-order valence-corrected chi connectivity index (χ0v) is 10.7. The van der Waals surface area contributed by atoms with E-state index in [1.54, 1.807) is 24.3 Å². The fraction of sp³-hybridized carbons (Fsp3) is 0.0667. The molecule has 0 spiro atoms. The maximum Gasteiger partial charge on any atom is 0.195 e. The second kappa shape index (κ2) is 5.82. The number of Topliss-reactive ketones (excluding diaryl/α,β-unsaturated/α-hetero) is 1. The zero-order chi connectivity index (χ0) is 13.8. The molecule has 0 radical (unpaired) electrons. The van der Waals surface area contributed by atoms with Gasteiger partial charge in [-0.3, -0.25) is 4.79 Å². The van der Waals surface area contributed by atoms with Gasteiger partial charge in [0.1, 0.15) is 11.9 Å². The molecule has 1 atom stereocenters. The Kier molecular flexibility index (Phi) is 4.14. The number of halogens is 1. The molecule has 0 aromatic heterocycles. The van der Waals surface area contributed by atoms with Gasteiger partial charge in [0.25, 0.3) is 0 Å². The average molecular weight is 274 g/mol. The van der Waals surface area contributed by atoms with Crippen molar-refractivity contribution in [2.45, 2.75) is 6.10 Å². The number of rotatable bonds is 4. The highest BCUT2D eigenvalue weighted by molar-refractivity contribution is 7.79. The first-order chi connectivity index (χ1) is 9.11. The van der Waals surface area contributed by atoms with Crippen LogP contribution in [0.1, 0.15) is 27.6 Å². The van der Waals surface area contributed by atoms with Crippen molar-refractivity contribution in [2.24, 2.45) is 0 Å². The zero-order valence-electron chi connectivity index (χ0n) is 9.92. The highest BCUT2D eigenvalue weighted by Gasteiger charge is 2.18. The van der Waals surface area contributed by atoms with Crippen molar-refractivity contribution in [3.63, 3.8) is 0 Å². The van der Waals surface area contributed by atoms with Crippen LogP contribution in [0.15, 0.2) is 48.5 Å². The topological polar surface area (TPSA) is 37.3 Å². The van der Waals surface area contributed by atoms with E-state index in [1.807, 2.05) is 0 Å². The van der Waals surface area contributed by atoms with E-state index in [9.17, 15) is 14.3 Å². The monoisotopic (exact) mass is 274 g/mol. The minimum atomic E-state index is -1.26. The number of benzene rings is 2. The van der Waals surface area contributed by atoms with Gasteiger partial charge in [0.2, 0.25) is 0 Å². The lowest BCUT2D eigenvalue weighted by molar-refractivity contribution is 0.0747. The molecular weight excluding hydrogens is 263 g/mol. The quantitative estimate of drug-likeness (QED) is 0.687. The largest absolute Gasteiger partial charge is 0.380 e. The molecule has 0 bridgehead atoms. The number of carbonyl (C=O) groups excluding carboxylic acids is 1. The molecule has 0 aliphatic carbocycles. The fourth-order valence-electron chi connectivity index (χ4n) is 1.68. The Morgan fingerprint density at radius 2 is 1.68 bits per heavy atom. The number of hydrogen-bond donors (Lipinski definition) is 1. The van der Waals surface area contributed by atoms with Gasteiger partial charge in [-0.1, -0.05) is 36.5 Å². The van der Waals surface area contributed by atoms with Gasteiger partial charge in [0.15, 0.2) is 5.78 Å². The summed E-state index contributed by atoms with van der Waals surface area (Å²) in [5.74, 6) is -0.883. The van der Waals surface area contributed by atoms with Crippen LogP contribution in [0.2, 0.25) is 0 Å². The molecule has 19 heavy (non-hydrogen) atoms. The van der Waals surface area contributed by atoms with E-state index in [4.69, 9.17) is 12.2 Å². The summed E-state index contributed by atoms with van der Waals surface area (Å²) in [6.45, 7) is 0. The number of carbonyl (C=O) groups is 1. The Morgan fingerprint density at radius 3 is 2.21 bits per heavy atom. The maximum absolute atomic E-state index is 12.8. The van der Waals surface area contributed by atoms with Crippen LogP contribution in [0.25, 0.3) is 0 Å². The molecule has 0 fully saturated rings. The SMILES string of the molecule is O=C(c1ccc(F)cc1)C(O)c1ccc(C=S)cc1. The minimum absolute atomic E-state index is 0.271. The second-order valence-corrected chi connectivity index (χ2v) is 4.29. The minimum Gasteiger partial charge on any atom is -0.380 e. The summed E-state index contributed by atoms with van der Waals surface area (Å²) in [6, 6.07) is 11.8. The number of aliphatic hydroxyl groups is 1. The van der Waals surface area contributed by atoms with E-state index in [2.05, 4.69) is 0 Å². The summed E-state index contributed by atoms with van der Waals surface area (Å²) in [4.78, 5) is 12.0. The molecule has 2 nitrogen and oxygen atoms in total. The molecule has 1 unspecified atom stereocenters. The van der Waals surface area contributed by atoms with Crippen molar-refractivity contribution in [3.05, 3.63) is 71.0 Å². The average Bonchev–Trinajstić information content (AvgIpc) is 2.46. The lowest BCUT2D eigenvalue weighted by Gasteiger charge is -2.10. The van der Waals surface area contributed by atoms with Gasteiger partial charge in [-0.15, -0.1) is 0 Å². The van der Waals surface area contributed by atoms with Crippen LogP contribution >= 0.6 is 12.2 Å². The highest BCUT2D eigenvalue weighted by atomic mass is 32.1. The number of aliphatic hydroxyl groups excluding tert-OH is 1. The molecule has 0 amide bonds. The van der Waals surface area contributed by atoms with Gasteiger partial charge in [-0.25, -0.2) is 4.39 Å². The van der Waals surface area contributed by atoms with Gasteiger partial charge in [-0.2, -0.15) is 0 Å². The first kappa shape index (κ1) is 13.5. The van der Waals surface area contributed by atoms with E-state index in [0.717, 1.165) is 5.56 Å². The molecule has 0 saturated carbocycles. The number of thiocarbonyl (C=S) groups is 1. The van der Waals surface area contributed by atoms with Crippen LogP contribution in [0.3, 0.4) is 0 Å². The van der Waals surface area contributed by atoms with E-state index in [-0.39, 0.29) is 5.56 Å². The smallest absolute Gasteiger partial charge is 0.195 e. The molecule has 0 aliphatic rings. The molecule has 2 aromatic carbocycles. The summed E-state index contributed by atoms with van der Waals surface area (Å²) in [7, 11) is 0. The van der Waals surface area contributed by atoms with Crippen molar-refractivity contribution < 1.29 is 14.3 Å². The predicted octanol–water partition coefficient (Wildman–Crippen LogP) is 3.09. The molecule has 2 rings (SSSR count). The molecule has 4 heteroatoms. The summed E-state index contributed by atoms with van der Waals surface area (Å²) in [6.07, 6.45) is -1.26. The molecule has 2 aromatic rings. The molecular formula is C15H11FO2S. The van der Waals surface area contributed by atoms with Crippen molar-refractivity contribution >= 4 is 23.4 Å². The van der Waals surface area contributed by atoms with E-state index < -0.39 is 17.7 Å². The van der Waals surface area contributed by atoms with Crippen LogP contribution in [0, 0.1) is 5.82 Å². The molecule has 96 valence electrons. The Bertz CT molecular complexity index is 591. The van der Waals surface area contributed by atoms with E-state index in [0.29, 0.717) is 5.56 Å². The van der Waals surface area contributed by atoms with Gasteiger partial charge in [-0.05, 0) is 35.4 Å². The lowest BCUT2D eigenvalue weighted by atomic mass is 9.99. The van der Waals surface area contributed by atoms with Crippen molar-refractivity contribution in [1.29, 1.82) is 0 Å². The van der Waals surface area contributed by atoms with Crippen LogP contribution in [-0.2, 0) is 0 Å². The van der Waals surface area contributed by atoms with Crippen molar-refractivity contribution in [2.75, 3.05) is 0 Å². The Hall–Kier alpha value is -1.91. The molecule has 0 aliphatic heterocycles. The first-order valence-corrected chi connectivity index (χ1v) is 6.12. The van der Waals surface area contributed by atoms with Gasteiger partial charge in [0, 0.05) is 10.9 Å². The third-order valence-corrected chi connectivity index (χ3v) is 3.04. The Morgan fingerprint density at radius 1 is 1.11 bits per heavy atom. The normalized spacial score (nSPS) is 11.9. The molecule has 0 heterocycles.